The zero-order valence-corrected chi connectivity index (χ0v) is 13.0. The van der Waals surface area contributed by atoms with Crippen LogP contribution in [0.3, 0.4) is 0 Å². The summed E-state index contributed by atoms with van der Waals surface area (Å²) >= 11 is 0. The largest absolute Gasteiger partial charge is 0.370 e. The Balaban J connectivity index is 2.12. The van der Waals surface area contributed by atoms with Gasteiger partial charge in [0, 0.05) is 25.8 Å². The zero-order valence-electron chi connectivity index (χ0n) is 12.2. The molecule has 1 saturated heterocycles. The summed E-state index contributed by atoms with van der Waals surface area (Å²) in [6.07, 6.45) is 4.49. The number of nitrogens with zero attached hydrogens (tertiary/aromatic N) is 2. The Hall–Kier alpha value is -1.14. The molecule has 0 radical (unpaired) electrons. The molecule has 0 spiro atoms. The van der Waals surface area contributed by atoms with E-state index in [0.717, 1.165) is 31.6 Å². The molecule has 1 aliphatic heterocycles. The molecule has 6 heteroatoms. The van der Waals surface area contributed by atoms with E-state index in [-0.39, 0.29) is 4.90 Å². The van der Waals surface area contributed by atoms with Crippen LogP contribution >= 0.6 is 0 Å². The monoisotopic (exact) mass is 297 g/mol. The van der Waals surface area contributed by atoms with Gasteiger partial charge >= 0.3 is 0 Å². The van der Waals surface area contributed by atoms with Crippen molar-refractivity contribution in [3.8, 4) is 0 Å². The van der Waals surface area contributed by atoms with Crippen molar-refractivity contribution in [3.63, 3.8) is 0 Å². The topological polar surface area (TPSA) is 62.3 Å². The van der Waals surface area contributed by atoms with Crippen LogP contribution in [0.15, 0.2) is 23.2 Å². The minimum Gasteiger partial charge on any atom is -0.370 e. The van der Waals surface area contributed by atoms with Crippen molar-refractivity contribution >= 4 is 15.8 Å². The van der Waals surface area contributed by atoms with E-state index in [1.54, 1.807) is 16.4 Å². The van der Waals surface area contributed by atoms with E-state index in [0.29, 0.717) is 19.0 Å². The second-order valence-corrected chi connectivity index (χ2v) is 7.35. The van der Waals surface area contributed by atoms with Crippen LogP contribution < -0.4 is 5.32 Å². The Labute approximate surface area is 121 Å². The van der Waals surface area contributed by atoms with E-state index >= 15 is 0 Å². The van der Waals surface area contributed by atoms with Gasteiger partial charge in [-0.05, 0) is 37.3 Å². The normalized spacial score (nSPS) is 20.8. The Bertz CT molecular complexity index is 528. The first-order chi connectivity index (χ1) is 9.54. The van der Waals surface area contributed by atoms with Crippen molar-refractivity contribution in [3.05, 3.63) is 18.3 Å². The first kappa shape index (κ1) is 15.3. The summed E-state index contributed by atoms with van der Waals surface area (Å²) < 4.78 is 26.6. The molecule has 1 fully saturated rings. The summed E-state index contributed by atoms with van der Waals surface area (Å²) in [4.78, 5) is 4.47. The molecule has 112 valence electrons. The molecule has 1 atom stereocenters. The van der Waals surface area contributed by atoms with Gasteiger partial charge in [0.1, 0.15) is 10.7 Å². The highest BCUT2D eigenvalue weighted by Gasteiger charge is 2.28. The molecule has 1 unspecified atom stereocenters. The van der Waals surface area contributed by atoms with Crippen LogP contribution in [-0.4, -0.2) is 37.3 Å². The molecule has 1 aromatic heterocycles. The fourth-order valence-corrected chi connectivity index (χ4v) is 3.95. The highest BCUT2D eigenvalue weighted by molar-refractivity contribution is 7.89. The SMILES string of the molecule is CCCNc1ccc(S(=O)(=O)N2CCCC(C)C2)cn1. The third kappa shape index (κ3) is 3.49. The van der Waals surface area contributed by atoms with Crippen LogP contribution in [0.5, 0.6) is 0 Å². The van der Waals surface area contributed by atoms with Gasteiger partial charge in [-0.15, -0.1) is 0 Å². The predicted octanol–water partition coefficient (Wildman–Crippen LogP) is 2.32. The van der Waals surface area contributed by atoms with Gasteiger partial charge in [-0.3, -0.25) is 0 Å². The Kier molecular flexibility index (Phi) is 4.99. The second kappa shape index (κ2) is 6.54. The quantitative estimate of drug-likeness (QED) is 0.906. The lowest BCUT2D eigenvalue weighted by Gasteiger charge is -2.29. The lowest BCUT2D eigenvalue weighted by atomic mass is 10.0. The van der Waals surface area contributed by atoms with Crippen molar-refractivity contribution in [2.24, 2.45) is 5.92 Å². The molecule has 5 nitrogen and oxygen atoms in total. The number of pyridine rings is 1. The maximum absolute atomic E-state index is 12.5. The molecular formula is C14H23N3O2S. The summed E-state index contributed by atoms with van der Waals surface area (Å²) in [6, 6.07) is 3.37. The van der Waals surface area contributed by atoms with E-state index in [2.05, 4.69) is 24.1 Å². The molecule has 2 rings (SSSR count). The number of anilines is 1. The maximum Gasteiger partial charge on any atom is 0.244 e. The number of nitrogens with one attached hydrogen (secondary N) is 1. The van der Waals surface area contributed by atoms with E-state index in [4.69, 9.17) is 0 Å². The molecule has 20 heavy (non-hydrogen) atoms. The average molecular weight is 297 g/mol. The van der Waals surface area contributed by atoms with Crippen molar-refractivity contribution in [1.82, 2.24) is 9.29 Å². The molecule has 2 heterocycles. The molecule has 0 bridgehead atoms. The number of sulfonamides is 1. The van der Waals surface area contributed by atoms with Gasteiger partial charge in [0.2, 0.25) is 10.0 Å². The highest BCUT2D eigenvalue weighted by Crippen LogP contribution is 2.23. The minimum atomic E-state index is -3.39. The van der Waals surface area contributed by atoms with Crippen LogP contribution in [0.4, 0.5) is 5.82 Å². The average Bonchev–Trinajstić information content (AvgIpc) is 2.45. The van der Waals surface area contributed by atoms with Gasteiger partial charge in [-0.1, -0.05) is 13.8 Å². The fourth-order valence-electron chi connectivity index (χ4n) is 2.40. The summed E-state index contributed by atoms with van der Waals surface area (Å²) in [6.45, 7) is 6.23. The van der Waals surface area contributed by atoms with Gasteiger partial charge in [0.15, 0.2) is 0 Å². The Morgan fingerprint density at radius 2 is 2.25 bits per heavy atom. The number of aromatic nitrogens is 1. The molecule has 1 aromatic rings. The van der Waals surface area contributed by atoms with Gasteiger partial charge in [0.25, 0.3) is 0 Å². The molecule has 1 N–H and O–H groups in total. The van der Waals surface area contributed by atoms with Crippen molar-refractivity contribution in [2.45, 2.75) is 38.0 Å². The van der Waals surface area contributed by atoms with Gasteiger partial charge in [-0.25, -0.2) is 13.4 Å². The first-order valence-corrected chi connectivity index (χ1v) is 8.68. The van der Waals surface area contributed by atoms with Crippen molar-refractivity contribution in [2.75, 3.05) is 25.0 Å². The number of hydrogen-bond donors (Lipinski definition) is 1. The molecule has 0 saturated carbocycles. The van der Waals surface area contributed by atoms with E-state index in [1.807, 2.05) is 0 Å². The smallest absolute Gasteiger partial charge is 0.244 e. The van der Waals surface area contributed by atoms with E-state index in [1.165, 1.54) is 6.20 Å². The first-order valence-electron chi connectivity index (χ1n) is 7.24. The Morgan fingerprint density at radius 3 is 2.85 bits per heavy atom. The van der Waals surface area contributed by atoms with Gasteiger partial charge in [0.05, 0.1) is 0 Å². The minimum absolute atomic E-state index is 0.286. The van der Waals surface area contributed by atoms with Gasteiger partial charge < -0.3 is 5.32 Å². The maximum atomic E-state index is 12.5. The third-order valence-corrected chi connectivity index (χ3v) is 5.40. The summed E-state index contributed by atoms with van der Waals surface area (Å²) in [5.74, 6) is 1.15. The molecule has 0 amide bonds. The number of piperidine rings is 1. The van der Waals surface area contributed by atoms with E-state index in [9.17, 15) is 8.42 Å². The van der Waals surface area contributed by atoms with Crippen molar-refractivity contribution < 1.29 is 8.42 Å². The molecular weight excluding hydrogens is 274 g/mol. The third-order valence-electron chi connectivity index (χ3n) is 3.55. The zero-order chi connectivity index (χ0) is 14.6. The lowest BCUT2D eigenvalue weighted by molar-refractivity contribution is 0.281. The van der Waals surface area contributed by atoms with Crippen LogP contribution in [0.1, 0.15) is 33.1 Å². The standard InChI is InChI=1S/C14H23N3O2S/c1-3-8-15-14-7-6-13(10-16-14)20(18,19)17-9-4-5-12(2)11-17/h6-7,10,12H,3-5,8-9,11H2,1-2H3,(H,15,16). The van der Waals surface area contributed by atoms with Crippen LogP contribution in [0.25, 0.3) is 0 Å². The van der Waals surface area contributed by atoms with Gasteiger partial charge in [-0.2, -0.15) is 4.31 Å². The van der Waals surface area contributed by atoms with Crippen molar-refractivity contribution in [1.29, 1.82) is 0 Å². The molecule has 0 aliphatic carbocycles. The van der Waals surface area contributed by atoms with Crippen LogP contribution in [0, 0.1) is 5.92 Å². The van der Waals surface area contributed by atoms with E-state index < -0.39 is 10.0 Å². The number of rotatable bonds is 5. The van der Waals surface area contributed by atoms with Crippen LogP contribution in [-0.2, 0) is 10.0 Å². The number of hydrogen-bond acceptors (Lipinski definition) is 4. The Morgan fingerprint density at radius 1 is 1.45 bits per heavy atom. The molecule has 1 aliphatic rings. The highest BCUT2D eigenvalue weighted by atomic mass is 32.2. The predicted molar refractivity (Wildman–Crippen MR) is 80.2 cm³/mol. The van der Waals surface area contributed by atoms with Crippen LogP contribution in [0.2, 0.25) is 0 Å². The summed E-state index contributed by atoms with van der Waals surface area (Å²) in [5, 5.41) is 3.14. The lowest BCUT2D eigenvalue weighted by Crippen LogP contribution is -2.39. The summed E-state index contributed by atoms with van der Waals surface area (Å²) in [5.41, 5.74) is 0. The summed E-state index contributed by atoms with van der Waals surface area (Å²) in [7, 11) is -3.39. The fraction of sp³-hybridized carbons (Fsp3) is 0.643. The second-order valence-electron chi connectivity index (χ2n) is 5.42. The molecule has 0 aromatic carbocycles.